The molecule has 2 fully saturated rings. The van der Waals surface area contributed by atoms with Gasteiger partial charge in [0.2, 0.25) is 0 Å². The van der Waals surface area contributed by atoms with Crippen LogP contribution in [0.3, 0.4) is 0 Å². The van der Waals surface area contributed by atoms with Crippen molar-refractivity contribution in [3.63, 3.8) is 0 Å². The number of nitrogens with zero attached hydrogens (tertiary/aromatic N) is 1. The molecule has 0 spiro atoms. The zero-order valence-electron chi connectivity index (χ0n) is 20.3. The van der Waals surface area contributed by atoms with Crippen LogP contribution in [0.1, 0.15) is 61.6 Å². The van der Waals surface area contributed by atoms with Crippen LogP contribution >= 0.6 is 0 Å². The van der Waals surface area contributed by atoms with Gasteiger partial charge in [-0.3, -0.25) is 14.3 Å². The van der Waals surface area contributed by atoms with Crippen molar-refractivity contribution in [3.8, 4) is 0 Å². The Morgan fingerprint density at radius 1 is 1.00 bits per heavy atom. The van der Waals surface area contributed by atoms with E-state index in [1.54, 1.807) is 0 Å². The summed E-state index contributed by atoms with van der Waals surface area (Å²) in [7, 11) is -5.75. The molecule has 0 radical (unpaired) electrons. The summed E-state index contributed by atoms with van der Waals surface area (Å²) in [6.45, 7) is 16.8. The summed E-state index contributed by atoms with van der Waals surface area (Å²) >= 11 is 0. The van der Waals surface area contributed by atoms with Crippen molar-refractivity contribution in [2.45, 2.75) is 102 Å². The van der Waals surface area contributed by atoms with Crippen LogP contribution in [-0.2, 0) is 17.7 Å². The highest BCUT2D eigenvalue weighted by atomic mass is 28.5. The number of hydrogen-bond acceptors (Lipinski definition) is 6. The molecular weight excluding hydrogens is 451 g/mol. The van der Waals surface area contributed by atoms with Crippen molar-refractivity contribution in [1.82, 2.24) is 9.55 Å². The zero-order valence-corrected chi connectivity index (χ0v) is 22.3. The molecule has 0 aromatic carbocycles. The van der Waals surface area contributed by atoms with Gasteiger partial charge < -0.3 is 17.7 Å². The van der Waals surface area contributed by atoms with Gasteiger partial charge in [-0.15, -0.1) is 0 Å². The smallest absolute Gasteiger partial charge is 0.335 e. The molecule has 2 aliphatic rings. The van der Waals surface area contributed by atoms with Gasteiger partial charge in [0.05, 0.1) is 6.61 Å². The van der Waals surface area contributed by atoms with Gasteiger partial charge in [-0.1, -0.05) is 55.4 Å². The van der Waals surface area contributed by atoms with Crippen molar-refractivity contribution < 1.29 is 22.1 Å². The molecule has 2 saturated heterocycles. The summed E-state index contributed by atoms with van der Waals surface area (Å²) < 4.78 is 43.2. The van der Waals surface area contributed by atoms with Crippen molar-refractivity contribution in [2.24, 2.45) is 0 Å². The van der Waals surface area contributed by atoms with E-state index in [0.29, 0.717) is 0 Å². The van der Waals surface area contributed by atoms with E-state index in [9.17, 15) is 9.59 Å². The second kappa shape index (κ2) is 9.26. The molecule has 32 heavy (non-hydrogen) atoms. The summed E-state index contributed by atoms with van der Waals surface area (Å²) in [5, 5.41) is 0. The third kappa shape index (κ3) is 4.23. The molecule has 8 nitrogen and oxygen atoms in total. The Morgan fingerprint density at radius 2 is 1.56 bits per heavy atom. The maximum atomic E-state index is 15.8. The SMILES string of the molecule is CC(C)[Si]1(C(C)C)OC[C@H]2O[C@@H](n3ccc(=O)[nH]c3=O)[C@H](F)[C@@H]2O[Si](C(C)C)(C(C)C)O1. The first kappa shape index (κ1) is 25.5. The molecule has 182 valence electrons. The number of fused-ring (bicyclic) bond motifs is 1. The minimum Gasteiger partial charge on any atom is -0.414 e. The molecule has 1 aromatic heterocycles. The Bertz CT molecular complexity index is 902. The molecule has 0 unspecified atom stereocenters. The lowest BCUT2D eigenvalue weighted by atomic mass is 10.1. The van der Waals surface area contributed by atoms with Crippen molar-refractivity contribution in [2.75, 3.05) is 6.61 Å². The van der Waals surface area contributed by atoms with Gasteiger partial charge in [0.1, 0.15) is 12.2 Å². The second-order valence-corrected chi connectivity index (χ2v) is 18.9. The van der Waals surface area contributed by atoms with Gasteiger partial charge in [0.25, 0.3) is 5.56 Å². The van der Waals surface area contributed by atoms with E-state index in [2.05, 4.69) is 60.4 Å². The molecule has 0 saturated carbocycles. The molecule has 3 heterocycles. The second-order valence-electron chi connectivity index (χ2n) is 10.1. The Balaban J connectivity index is 2.08. The van der Waals surface area contributed by atoms with E-state index < -0.39 is 53.0 Å². The molecule has 1 aromatic rings. The number of ether oxygens (including phenoxy) is 1. The average molecular weight is 489 g/mol. The molecule has 0 amide bonds. The van der Waals surface area contributed by atoms with Gasteiger partial charge in [0, 0.05) is 12.3 Å². The van der Waals surface area contributed by atoms with Crippen LogP contribution in [0.2, 0.25) is 22.2 Å². The standard InChI is InChI=1S/C21H37FN2O6Si2/c1-12(2)31(13(3)4)27-11-16-19(29-32(30-31,14(5)6)15(7)8)18(22)20(28-16)24-10-9-17(25)23-21(24)26/h9-10,12-16,18-20H,11H2,1-8H3,(H,23,25,26)/t16-,18-,19-,20-/m1/s1. The molecular formula is C21H37FN2O6Si2. The fourth-order valence-electron chi connectivity index (χ4n) is 4.96. The summed E-state index contributed by atoms with van der Waals surface area (Å²) in [5.74, 6) is 0. The largest absolute Gasteiger partial charge is 0.414 e. The average Bonchev–Trinajstić information content (AvgIpc) is 2.96. The number of rotatable bonds is 5. The quantitative estimate of drug-likeness (QED) is 0.635. The Kier molecular flexibility index (Phi) is 7.38. The third-order valence-electron chi connectivity index (χ3n) is 6.72. The molecule has 4 atom stereocenters. The van der Waals surface area contributed by atoms with E-state index in [1.165, 1.54) is 12.3 Å². The predicted molar refractivity (Wildman–Crippen MR) is 124 cm³/mol. The van der Waals surface area contributed by atoms with Crippen molar-refractivity contribution in [1.29, 1.82) is 0 Å². The van der Waals surface area contributed by atoms with E-state index in [1.807, 2.05) is 0 Å². The molecule has 3 rings (SSSR count). The van der Waals surface area contributed by atoms with Crippen LogP contribution < -0.4 is 11.2 Å². The van der Waals surface area contributed by atoms with Crippen LogP contribution in [0.15, 0.2) is 21.9 Å². The Labute approximate surface area is 190 Å². The van der Waals surface area contributed by atoms with Crippen LogP contribution in [0.25, 0.3) is 0 Å². The molecule has 1 N–H and O–H groups in total. The fraction of sp³-hybridized carbons (Fsp3) is 0.810. The number of aromatic amines is 1. The first-order valence-corrected chi connectivity index (χ1v) is 15.4. The van der Waals surface area contributed by atoms with Crippen LogP contribution in [0, 0.1) is 0 Å². The van der Waals surface area contributed by atoms with Gasteiger partial charge in [0.15, 0.2) is 12.4 Å². The molecule has 0 aliphatic carbocycles. The van der Waals surface area contributed by atoms with Crippen molar-refractivity contribution in [3.05, 3.63) is 33.1 Å². The van der Waals surface area contributed by atoms with Crippen LogP contribution in [0.5, 0.6) is 0 Å². The normalized spacial score (nSPS) is 30.0. The summed E-state index contributed by atoms with van der Waals surface area (Å²) in [6.07, 6.45) is -3.19. The first-order valence-electron chi connectivity index (χ1n) is 11.5. The van der Waals surface area contributed by atoms with Gasteiger partial charge in [-0.25, -0.2) is 9.18 Å². The van der Waals surface area contributed by atoms with Gasteiger partial charge in [-0.05, 0) is 22.2 Å². The lowest BCUT2D eigenvalue weighted by Gasteiger charge is -2.51. The molecule has 0 bridgehead atoms. The minimum absolute atomic E-state index is 0.0521. The Hall–Kier alpha value is -1.12. The molecule has 11 heteroatoms. The lowest BCUT2D eigenvalue weighted by molar-refractivity contribution is -0.0577. The third-order valence-corrected chi connectivity index (χ3v) is 17.0. The van der Waals surface area contributed by atoms with E-state index in [-0.39, 0.29) is 28.8 Å². The summed E-state index contributed by atoms with van der Waals surface area (Å²) in [4.78, 5) is 25.9. The maximum absolute atomic E-state index is 15.8. The number of nitrogens with one attached hydrogen (secondary N) is 1. The highest BCUT2D eigenvalue weighted by Gasteiger charge is 2.62. The summed E-state index contributed by atoms with van der Waals surface area (Å²) in [6, 6.07) is 1.18. The fourth-order valence-corrected chi connectivity index (χ4v) is 16.2. The predicted octanol–water partition coefficient (Wildman–Crippen LogP) is 3.73. The van der Waals surface area contributed by atoms with Crippen LogP contribution in [0.4, 0.5) is 4.39 Å². The highest BCUT2D eigenvalue weighted by Crippen LogP contribution is 2.48. The number of alkyl halides is 1. The lowest BCUT2D eigenvalue weighted by Crippen LogP contribution is -2.65. The monoisotopic (exact) mass is 488 g/mol. The number of hydrogen-bond donors (Lipinski definition) is 1. The number of halogens is 1. The minimum atomic E-state index is -2.99. The van der Waals surface area contributed by atoms with E-state index >= 15 is 4.39 Å². The van der Waals surface area contributed by atoms with E-state index in [4.69, 9.17) is 17.7 Å². The summed E-state index contributed by atoms with van der Waals surface area (Å²) in [5.41, 5.74) is -0.845. The highest BCUT2D eigenvalue weighted by molar-refractivity contribution is 6.83. The molecule has 2 aliphatic heterocycles. The van der Waals surface area contributed by atoms with Crippen LogP contribution in [-0.4, -0.2) is 51.7 Å². The maximum Gasteiger partial charge on any atom is 0.335 e. The van der Waals surface area contributed by atoms with Gasteiger partial charge >= 0.3 is 22.8 Å². The number of aromatic nitrogens is 2. The van der Waals surface area contributed by atoms with Crippen molar-refractivity contribution >= 4 is 17.1 Å². The number of H-pyrrole nitrogens is 1. The topological polar surface area (TPSA) is 91.8 Å². The van der Waals surface area contributed by atoms with Gasteiger partial charge in [-0.2, -0.15) is 0 Å². The first-order chi connectivity index (χ1) is 14.9. The zero-order chi connectivity index (χ0) is 24.0. The Morgan fingerprint density at radius 3 is 2.06 bits per heavy atom. The van der Waals surface area contributed by atoms with E-state index in [0.717, 1.165) is 4.57 Å².